The van der Waals surface area contributed by atoms with Crippen LogP contribution in [0, 0.1) is 0 Å². The molecule has 0 heterocycles. The highest BCUT2D eigenvalue weighted by molar-refractivity contribution is 7.99. The molecule has 0 radical (unpaired) electrons. The Hall–Kier alpha value is -1.36. The lowest BCUT2D eigenvalue weighted by atomic mass is 10.1. The van der Waals surface area contributed by atoms with Gasteiger partial charge < -0.3 is 15.8 Å². The first-order valence-electron chi connectivity index (χ1n) is 6.41. The second kappa shape index (κ2) is 6.19. The van der Waals surface area contributed by atoms with Crippen molar-refractivity contribution in [3.05, 3.63) is 23.8 Å². The number of nitrogen functional groups attached to an aromatic ring is 1. The number of nitrogens with two attached hydrogens (primary N) is 1. The summed E-state index contributed by atoms with van der Waals surface area (Å²) in [7, 11) is 1.56. The topological polar surface area (TPSA) is 64.3 Å². The maximum absolute atomic E-state index is 12.3. The van der Waals surface area contributed by atoms with Crippen molar-refractivity contribution in [3.63, 3.8) is 0 Å². The van der Waals surface area contributed by atoms with E-state index in [4.69, 9.17) is 10.5 Å². The van der Waals surface area contributed by atoms with Gasteiger partial charge >= 0.3 is 0 Å². The number of thioether (sulfide) groups is 1. The third-order valence-corrected chi connectivity index (χ3v) is 4.62. The maximum atomic E-state index is 12.3. The number of benzene rings is 1. The van der Waals surface area contributed by atoms with Crippen molar-refractivity contribution < 1.29 is 9.53 Å². The molecule has 1 saturated carbocycles. The molecule has 2 unspecified atom stereocenters. The molecule has 5 heteroatoms. The quantitative estimate of drug-likeness (QED) is 0.831. The maximum Gasteiger partial charge on any atom is 0.255 e. The SMILES string of the molecule is COc1ccc(N)cc1C(=O)NC1CCC(SC)C1. The van der Waals surface area contributed by atoms with E-state index in [2.05, 4.69) is 11.6 Å². The fourth-order valence-corrected chi connectivity index (χ4v) is 3.25. The molecule has 0 aromatic heterocycles. The Bertz CT molecular complexity index is 465. The summed E-state index contributed by atoms with van der Waals surface area (Å²) in [6.45, 7) is 0. The first-order chi connectivity index (χ1) is 9.13. The number of amides is 1. The molecule has 2 atom stereocenters. The Labute approximate surface area is 118 Å². The van der Waals surface area contributed by atoms with Crippen LogP contribution in [0.25, 0.3) is 0 Å². The standard InChI is InChI=1S/C14H20N2O2S/c1-18-13-6-3-9(15)7-12(13)14(17)16-10-4-5-11(8-10)19-2/h3,6-7,10-11H,4-5,8,15H2,1-2H3,(H,16,17). The number of hydrogen-bond acceptors (Lipinski definition) is 4. The molecular weight excluding hydrogens is 260 g/mol. The van der Waals surface area contributed by atoms with Crippen LogP contribution in [0.3, 0.4) is 0 Å². The third kappa shape index (κ3) is 3.35. The number of carbonyl (C=O) groups is 1. The van der Waals surface area contributed by atoms with Gasteiger partial charge in [-0.25, -0.2) is 0 Å². The summed E-state index contributed by atoms with van der Waals surface area (Å²) < 4.78 is 5.21. The summed E-state index contributed by atoms with van der Waals surface area (Å²) in [6, 6.07) is 5.38. The molecule has 1 aromatic rings. The average molecular weight is 280 g/mol. The van der Waals surface area contributed by atoms with Crippen LogP contribution in [0.4, 0.5) is 5.69 Å². The molecule has 1 amide bonds. The molecule has 104 valence electrons. The first-order valence-corrected chi connectivity index (χ1v) is 7.70. The summed E-state index contributed by atoms with van der Waals surface area (Å²) in [5.41, 5.74) is 6.81. The van der Waals surface area contributed by atoms with Crippen LogP contribution in [0.2, 0.25) is 0 Å². The van der Waals surface area contributed by atoms with E-state index < -0.39 is 0 Å². The van der Waals surface area contributed by atoms with Crippen molar-refractivity contribution >= 4 is 23.4 Å². The fraction of sp³-hybridized carbons (Fsp3) is 0.500. The number of ether oxygens (including phenoxy) is 1. The molecule has 0 bridgehead atoms. The molecule has 1 aliphatic carbocycles. The lowest BCUT2D eigenvalue weighted by Gasteiger charge is -2.15. The molecule has 2 rings (SSSR count). The zero-order valence-corrected chi connectivity index (χ0v) is 12.1. The van der Waals surface area contributed by atoms with Crippen LogP contribution in [-0.4, -0.2) is 30.6 Å². The van der Waals surface area contributed by atoms with Gasteiger partial charge in [0.2, 0.25) is 0 Å². The monoisotopic (exact) mass is 280 g/mol. The summed E-state index contributed by atoms with van der Waals surface area (Å²) in [6.07, 6.45) is 5.37. The molecule has 0 aliphatic heterocycles. The van der Waals surface area contributed by atoms with Crippen molar-refractivity contribution in [2.45, 2.75) is 30.6 Å². The molecule has 1 aliphatic rings. The predicted octanol–water partition coefficient (Wildman–Crippen LogP) is 2.29. The zero-order chi connectivity index (χ0) is 13.8. The lowest BCUT2D eigenvalue weighted by molar-refractivity contribution is 0.0935. The second-order valence-electron chi connectivity index (χ2n) is 4.80. The minimum absolute atomic E-state index is 0.101. The van der Waals surface area contributed by atoms with E-state index in [1.54, 1.807) is 25.3 Å². The van der Waals surface area contributed by atoms with Gasteiger partial charge in [-0.1, -0.05) is 0 Å². The summed E-state index contributed by atoms with van der Waals surface area (Å²) >= 11 is 1.87. The van der Waals surface area contributed by atoms with Crippen LogP contribution in [0.5, 0.6) is 5.75 Å². The third-order valence-electron chi connectivity index (χ3n) is 3.52. The highest BCUT2D eigenvalue weighted by Gasteiger charge is 2.26. The van der Waals surface area contributed by atoms with E-state index in [9.17, 15) is 4.79 Å². The fourth-order valence-electron chi connectivity index (χ4n) is 2.45. The number of hydrogen-bond donors (Lipinski definition) is 2. The molecule has 4 nitrogen and oxygen atoms in total. The number of methoxy groups -OCH3 is 1. The molecular formula is C14H20N2O2S. The van der Waals surface area contributed by atoms with Crippen molar-refractivity contribution in [2.24, 2.45) is 0 Å². The van der Waals surface area contributed by atoms with E-state index in [1.807, 2.05) is 11.8 Å². The Balaban J connectivity index is 2.06. The Morgan fingerprint density at radius 2 is 2.26 bits per heavy atom. The van der Waals surface area contributed by atoms with Gasteiger partial charge in [0.1, 0.15) is 5.75 Å². The van der Waals surface area contributed by atoms with E-state index in [0.29, 0.717) is 22.3 Å². The number of nitrogens with one attached hydrogen (secondary N) is 1. The van der Waals surface area contributed by atoms with E-state index in [1.165, 1.54) is 6.42 Å². The van der Waals surface area contributed by atoms with E-state index >= 15 is 0 Å². The largest absolute Gasteiger partial charge is 0.496 e. The van der Waals surface area contributed by atoms with E-state index in [0.717, 1.165) is 12.8 Å². The van der Waals surface area contributed by atoms with Gasteiger partial charge in [0.25, 0.3) is 5.91 Å². The van der Waals surface area contributed by atoms with Gasteiger partial charge in [0.05, 0.1) is 12.7 Å². The first kappa shape index (κ1) is 14.1. The van der Waals surface area contributed by atoms with E-state index in [-0.39, 0.29) is 11.9 Å². The minimum Gasteiger partial charge on any atom is -0.496 e. The van der Waals surface area contributed by atoms with Crippen LogP contribution in [0.15, 0.2) is 18.2 Å². The highest BCUT2D eigenvalue weighted by atomic mass is 32.2. The summed E-state index contributed by atoms with van der Waals surface area (Å²) in [4.78, 5) is 12.3. The van der Waals surface area contributed by atoms with Crippen LogP contribution >= 0.6 is 11.8 Å². The number of anilines is 1. The Morgan fingerprint density at radius 3 is 2.89 bits per heavy atom. The van der Waals surface area contributed by atoms with Crippen molar-refractivity contribution in [3.8, 4) is 5.75 Å². The zero-order valence-electron chi connectivity index (χ0n) is 11.3. The Morgan fingerprint density at radius 1 is 1.47 bits per heavy atom. The molecule has 19 heavy (non-hydrogen) atoms. The van der Waals surface area contributed by atoms with Crippen molar-refractivity contribution in [1.82, 2.24) is 5.32 Å². The number of rotatable bonds is 4. The molecule has 1 aromatic carbocycles. The average Bonchev–Trinajstić information content (AvgIpc) is 2.86. The minimum atomic E-state index is -0.101. The van der Waals surface area contributed by atoms with Gasteiger partial charge in [-0.3, -0.25) is 4.79 Å². The normalized spacial score (nSPS) is 22.2. The van der Waals surface area contributed by atoms with Crippen molar-refractivity contribution in [1.29, 1.82) is 0 Å². The highest BCUT2D eigenvalue weighted by Crippen LogP contribution is 2.29. The van der Waals surface area contributed by atoms with Crippen molar-refractivity contribution in [2.75, 3.05) is 19.1 Å². The van der Waals surface area contributed by atoms with Gasteiger partial charge in [-0.2, -0.15) is 11.8 Å². The second-order valence-corrected chi connectivity index (χ2v) is 5.94. The predicted molar refractivity (Wildman–Crippen MR) is 79.8 cm³/mol. The van der Waals surface area contributed by atoms with Crippen LogP contribution < -0.4 is 15.8 Å². The summed E-state index contributed by atoms with van der Waals surface area (Å²) in [5.74, 6) is 0.460. The molecule has 0 saturated heterocycles. The molecule has 1 fully saturated rings. The Kier molecular flexibility index (Phi) is 4.58. The van der Waals surface area contributed by atoms with Crippen LogP contribution in [0.1, 0.15) is 29.6 Å². The van der Waals surface area contributed by atoms with Gasteiger partial charge in [-0.15, -0.1) is 0 Å². The van der Waals surface area contributed by atoms with Gasteiger partial charge in [-0.05, 0) is 43.7 Å². The van der Waals surface area contributed by atoms with Gasteiger partial charge in [0.15, 0.2) is 0 Å². The molecule has 3 N–H and O–H groups in total. The molecule has 0 spiro atoms. The smallest absolute Gasteiger partial charge is 0.255 e. The van der Waals surface area contributed by atoms with Crippen LogP contribution in [-0.2, 0) is 0 Å². The summed E-state index contributed by atoms with van der Waals surface area (Å²) in [5, 5.41) is 3.73. The lowest BCUT2D eigenvalue weighted by Crippen LogP contribution is -2.33. The van der Waals surface area contributed by atoms with Gasteiger partial charge in [0, 0.05) is 17.0 Å². The number of carbonyl (C=O) groups excluding carboxylic acids is 1.